The lowest BCUT2D eigenvalue weighted by atomic mass is 10.0. The minimum atomic E-state index is -0.665. The molecule has 190 valence electrons. The van der Waals surface area contributed by atoms with E-state index in [1.807, 2.05) is 0 Å². The molecule has 36 heavy (non-hydrogen) atoms. The molecule has 0 radical (unpaired) electrons. The van der Waals surface area contributed by atoms with E-state index in [1.165, 1.54) is 6.07 Å². The standard InChI is InChI=1S/C24H24ClFN4O6/c1-32-4-2-3-11-5-13(26)19-15(8-33-17(19)6-11)27-22-12(25)7-14-23(29-22)30-24(28-14)36-18-10-35-20-16(31)9-34-21(18)20/h2-3,5-7,15-16,18,20-21,31H,4,8-10H2,1H3,(H2,27,28,29,30)/b3-2+/t15?,16-,18?,20-,21-/m1/s1. The SMILES string of the molecule is COC/C=C/c1cc(F)c2c(c1)OCC2Nc1nc2nc(OC3CO[C@@H]4[C@H](O)CO[C@H]34)[nH]c2cc1Cl. The number of nitrogens with one attached hydrogen (secondary N) is 2. The van der Waals surface area contributed by atoms with E-state index in [0.717, 1.165) is 0 Å². The molecule has 3 aliphatic heterocycles. The lowest BCUT2D eigenvalue weighted by molar-refractivity contribution is 0.00706. The van der Waals surface area contributed by atoms with Gasteiger partial charge in [-0.15, -0.1) is 0 Å². The van der Waals surface area contributed by atoms with E-state index in [9.17, 15) is 9.50 Å². The van der Waals surface area contributed by atoms with E-state index < -0.39 is 24.4 Å². The van der Waals surface area contributed by atoms with E-state index in [1.54, 1.807) is 31.4 Å². The molecule has 5 atom stereocenters. The number of hydrogen-bond acceptors (Lipinski definition) is 9. The number of benzene rings is 1. The summed E-state index contributed by atoms with van der Waals surface area (Å²) < 4.78 is 42.8. The first-order chi connectivity index (χ1) is 17.5. The Morgan fingerprint density at radius 2 is 2.08 bits per heavy atom. The van der Waals surface area contributed by atoms with Gasteiger partial charge in [-0.2, -0.15) is 4.98 Å². The summed E-state index contributed by atoms with van der Waals surface area (Å²) in [7, 11) is 1.59. The van der Waals surface area contributed by atoms with E-state index in [0.29, 0.717) is 45.5 Å². The van der Waals surface area contributed by atoms with Crippen molar-refractivity contribution in [2.75, 3.05) is 38.9 Å². The van der Waals surface area contributed by atoms with Gasteiger partial charge in [0.25, 0.3) is 6.01 Å². The molecule has 3 aliphatic rings. The van der Waals surface area contributed by atoms with Gasteiger partial charge in [0.15, 0.2) is 11.8 Å². The Kier molecular flexibility index (Phi) is 6.18. The van der Waals surface area contributed by atoms with E-state index in [4.69, 9.17) is 35.3 Å². The van der Waals surface area contributed by atoms with Gasteiger partial charge in [0.2, 0.25) is 0 Å². The molecule has 6 rings (SSSR count). The van der Waals surface area contributed by atoms with Crippen LogP contribution in [0.15, 0.2) is 24.3 Å². The maximum atomic E-state index is 15.0. The number of nitrogens with zero attached hydrogens (tertiary/aromatic N) is 2. The van der Waals surface area contributed by atoms with Crippen molar-refractivity contribution in [2.45, 2.75) is 30.5 Å². The monoisotopic (exact) mass is 518 g/mol. The van der Waals surface area contributed by atoms with Gasteiger partial charge in [-0.1, -0.05) is 23.8 Å². The van der Waals surface area contributed by atoms with Crippen LogP contribution in [0.3, 0.4) is 0 Å². The van der Waals surface area contributed by atoms with Crippen molar-refractivity contribution in [3.8, 4) is 11.8 Å². The fraction of sp³-hybridized carbons (Fsp3) is 0.417. The zero-order valence-corrected chi connectivity index (χ0v) is 20.0. The number of aromatic nitrogens is 3. The molecule has 12 heteroatoms. The van der Waals surface area contributed by atoms with Crippen LogP contribution in [0.1, 0.15) is 17.2 Å². The number of rotatable bonds is 7. The Bertz CT molecular complexity index is 1320. The van der Waals surface area contributed by atoms with Crippen molar-refractivity contribution in [2.24, 2.45) is 0 Å². The van der Waals surface area contributed by atoms with Gasteiger partial charge in [0.1, 0.15) is 42.3 Å². The lowest BCUT2D eigenvalue weighted by Gasteiger charge is -2.15. The third-order valence-corrected chi connectivity index (χ3v) is 6.69. The molecule has 10 nitrogen and oxygen atoms in total. The third kappa shape index (κ3) is 4.27. The predicted octanol–water partition coefficient (Wildman–Crippen LogP) is 2.86. The summed E-state index contributed by atoms with van der Waals surface area (Å²) in [4.78, 5) is 12.0. The Balaban J connectivity index is 1.20. The number of halogens is 2. The number of anilines is 1. The van der Waals surface area contributed by atoms with Crippen molar-refractivity contribution in [3.05, 3.63) is 46.2 Å². The van der Waals surface area contributed by atoms with Crippen LogP contribution in [-0.2, 0) is 14.2 Å². The number of hydrogen-bond donors (Lipinski definition) is 3. The fourth-order valence-corrected chi connectivity index (χ4v) is 4.93. The van der Waals surface area contributed by atoms with Crippen LogP contribution in [0.2, 0.25) is 5.02 Å². The number of aliphatic hydroxyl groups is 1. The van der Waals surface area contributed by atoms with Crippen molar-refractivity contribution in [1.82, 2.24) is 15.0 Å². The molecular weight excluding hydrogens is 495 g/mol. The number of imidazole rings is 1. The number of methoxy groups -OCH3 is 1. The summed E-state index contributed by atoms with van der Waals surface area (Å²) in [5, 5.41) is 13.4. The highest BCUT2D eigenvalue weighted by atomic mass is 35.5. The molecule has 0 amide bonds. The number of fused-ring (bicyclic) bond motifs is 3. The summed E-state index contributed by atoms with van der Waals surface area (Å²) in [6.45, 7) is 1.14. The van der Waals surface area contributed by atoms with Gasteiger partial charge < -0.3 is 39.1 Å². The second-order valence-corrected chi connectivity index (χ2v) is 9.24. The molecule has 5 heterocycles. The zero-order valence-electron chi connectivity index (χ0n) is 19.2. The molecule has 0 saturated carbocycles. The predicted molar refractivity (Wildman–Crippen MR) is 128 cm³/mol. The summed E-state index contributed by atoms with van der Waals surface area (Å²) >= 11 is 6.48. The van der Waals surface area contributed by atoms with Crippen LogP contribution in [-0.4, -0.2) is 78.0 Å². The molecule has 2 fully saturated rings. The molecule has 0 aliphatic carbocycles. The van der Waals surface area contributed by atoms with Gasteiger partial charge in [-0.05, 0) is 23.8 Å². The summed E-state index contributed by atoms with van der Waals surface area (Å²) in [6, 6.07) is 4.67. The molecule has 0 spiro atoms. The second kappa shape index (κ2) is 9.49. The van der Waals surface area contributed by atoms with Crippen LogP contribution in [0.4, 0.5) is 10.2 Å². The van der Waals surface area contributed by atoms with Crippen LogP contribution in [0.5, 0.6) is 11.8 Å². The zero-order chi connectivity index (χ0) is 24.8. The highest BCUT2D eigenvalue weighted by Crippen LogP contribution is 2.39. The van der Waals surface area contributed by atoms with Crippen molar-refractivity contribution < 1.29 is 33.2 Å². The summed E-state index contributed by atoms with van der Waals surface area (Å²) in [5.74, 6) is 0.427. The summed E-state index contributed by atoms with van der Waals surface area (Å²) in [5.41, 5.74) is 2.04. The van der Waals surface area contributed by atoms with Crippen molar-refractivity contribution in [3.63, 3.8) is 0 Å². The van der Waals surface area contributed by atoms with Crippen LogP contribution >= 0.6 is 11.6 Å². The normalized spacial score (nSPS) is 26.9. The Morgan fingerprint density at radius 1 is 1.22 bits per heavy atom. The van der Waals surface area contributed by atoms with Crippen molar-refractivity contribution in [1.29, 1.82) is 0 Å². The average Bonchev–Trinajstić information content (AvgIpc) is 3.61. The Morgan fingerprint density at radius 3 is 2.94 bits per heavy atom. The molecule has 2 unspecified atom stereocenters. The minimum Gasteiger partial charge on any atom is -0.491 e. The first-order valence-corrected chi connectivity index (χ1v) is 11.9. The lowest BCUT2D eigenvalue weighted by Crippen LogP contribution is -2.34. The maximum absolute atomic E-state index is 15.0. The second-order valence-electron chi connectivity index (χ2n) is 8.83. The third-order valence-electron chi connectivity index (χ3n) is 6.40. The van der Waals surface area contributed by atoms with Crippen molar-refractivity contribution >= 4 is 34.7 Å². The Labute approximate surface area is 210 Å². The topological polar surface area (TPSA) is 120 Å². The van der Waals surface area contributed by atoms with Gasteiger partial charge in [0, 0.05) is 7.11 Å². The quantitative estimate of drug-likeness (QED) is 0.433. The fourth-order valence-electron chi connectivity index (χ4n) is 4.72. The molecule has 2 aromatic heterocycles. The van der Waals surface area contributed by atoms with Gasteiger partial charge in [-0.25, -0.2) is 9.37 Å². The van der Waals surface area contributed by atoms with Gasteiger partial charge in [-0.3, -0.25) is 0 Å². The first-order valence-electron chi connectivity index (χ1n) is 11.5. The van der Waals surface area contributed by atoms with Crippen LogP contribution < -0.4 is 14.8 Å². The number of ether oxygens (including phenoxy) is 5. The maximum Gasteiger partial charge on any atom is 0.296 e. The number of pyridine rings is 1. The van der Waals surface area contributed by atoms with Crippen LogP contribution in [0, 0.1) is 5.82 Å². The average molecular weight is 519 g/mol. The molecule has 1 aromatic carbocycles. The van der Waals surface area contributed by atoms with E-state index >= 15 is 0 Å². The smallest absolute Gasteiger partial charge is 0.296 e. The number of H-pyrrole nitrogens is 1. The largest absolute Gasteiger partial charge is 0.491 e. The van der Waals surface area contributed by atoms with E-state index in [-0.39, 0.29) is 37.8 Å². The highest BCUT2D eigenvalue weighted by Gasteiger charge is 2.48. The first kappa shape index (κ1) is 23.4. The highest BCUT2D eigenvalue weighted by molar-refractivity contribution is 6.33. The van der Waals surface area contributed by atoms with Gasteiger partial charge in [0.05, 0.1) is 42.0 Å². The molecule has 0 bridgehead atoms. The number of aliphatic hydroxyl groups excluding tert-OH is 1. The molecule has 3 aromatic rings. The molecule has 3 N–H and O–H groups in total. The van der Waals surface area contributed by atoms with E-state index in [2.05, 4.69) is 20.3 Å². The number of aromatic amines is 1. The molecular formula is C24H24ClFN4O6. The van der Waals surface area contributed by atoms with Gasteiger partial charge >= 0.3 is 0 Å². The Hall–Kier alpha value is -2.96. The summed E-state index contributed by atoms with van der Waals surface area (Å²) in [6.07, 6.45) is 1.73. The minimum absolute atomic E-state index is 0.210. The molecule has 2 saturated heterocycles. The van der Waals surface area contributed by atoms with Crippen LogP contribution in [0.25, 0.3) is 17.2 Å².